The van der Waals surface area contributed by atoms with Crippen molar-refractivity contribution in [3.63, 3.8) is 0 Å². The predicted octanol–water partition coefficient (Wildman–Crippen LogP) is 1.57. The predicted molar refractivity (Wildman–Crippen MR) is 57.2 cm³/mol. The molecule has 5 nitrogen and oxygen atoms in total. The first-order valence-corrected chi connectivity index (χ1v) is 5.10. The number of aliphatic carboxylic acids is 1. The first kappa shape index (κ1) is 12.3. The Hall–Kier alpha value is -1.78. The molecule has 0 bridgehead atoms. The SMILES string of the molecule is CC[C@@H](CC(=O)O)NC(=O)c1cc(C)co1. The van der Waals surface area contributed by atoms with Crippen molar-refractivity contribution < 1.29 is 19.1 Å². The van der Waals surface area contributed by atoms with Crippen molar-refractivity contribution in [2.45, 2.75) is 32.7 Å². The summed E-state index contributed by atoms with van der Waals surface area (Å²) >= 11 is 0. The maximum atomic E-state index is 11.6. The molecule has 5 heteroatoms. The van der Waals surface area contributed by atoms with Crippen LogP contribution in [-0.2, 0) is 4.79 Å². The monoisotopic (exact) mass is 225 g/mol. The molecular formula is C11H15NO4. The van der Waals surface area contributed by atoms with Crippen LogP contribution in [0.5, 0.6) is 0 Å². The van der Waals surface area contributed by atoms with Crippen LogP contribution in [0.1, 0.15) is 35.9 Å². The minimum absolute atomic E-state index is 0.0814. The van der Waals surface area contributed by atoms with Crippen molar-refractivity contribution in [1.82, 2.24) is 5.32 Å². The number of nitrogens with one attached hydrogen (secondary N) is 1. The number of hydrogen-bond acceptors (Lipinski definition) is 3. The first-order valence-electron chi connectivity index (χ1n) is 5.10. The number of carboxylic acids is 1. The molecule has 0 unspecified atom stereocenters. The number of amides is 1. The van der Waals surface area contributed by atoms with E-state index < -0.39 is 5.97 Å². The van der Waals surface area contributed by atoms with Gasteiger partial charge in [0.15, 0.2) is 5.76 Å². The van der Waals surface area contributed by atoms with Gasteiger partial charge in [-0.3, -0.25) is 9.59 Å². The summed E-state index contributed by atoms with van der Waals surface area (Å²) in [6.07, 6.45) is 1.97. The number of carboxylic acid groups (broad SMARTS) is 1. The van der Waals surface area contributed by atoms with E-state index in [9.17, 15) is 9.59 Å². The molecule has 0 spiro atoms. The molecule has 0 aromatic carbocycles. The Morgan fingerprint density at radius 1 is 1.56 bits per heavy atom. The van der Waals surface area contributed by atoms with Crippen LogP contribution in [-0.4, -0.2) is 23.0 Å². The minimum Gasteiger partial charge on any atom is -0.481 e. The van der Waals surface area contributed by atoms with Crippen molar-refractivity contribution in [3.8, 4) is 0 Å². The molecule has 0 fully saturated rings. The van der Waals surface area contributed by atoms with Crippen molar-refractivity contribution in [2.75, 3.05) is 0 Å². The molecule has 88 valence electrons. The number of hydrogen-bond donors (Lipinski definition) is 2. The molecule has 2 N–H and O–H groups in total. The van der Waals surface area contributed by atoms with Gasteiger partial charge in [-0.15, -0.1) is 0 Å². The van der Waals surface area contributed by atoms with Gasteiger partial charge in [-0.2, -0.15) is 0 Å². The van der Waals surface area contributed by atoms with E-state index in [1.807, 2.05) is 13.8 Å². The zero-order chi connectivity index (χ0) is 12.1. The zero-order valence-electron chi connectivity index (χ0n) is 9.32. The van der Waals surface area contributed by atoms with Crippen LogP contribution in [0.3, 0.4) is 0 Å². The summed E-state index contributed by atoms with van der Waals surface area (Å²) in [6, 6.07) is 1.25. The van der Waals surface area contributed by atoms with Gasteiger partial charge >= 0.3 is 5.97 Å². The molecule has 0 saturated carbocycles. The smallest absolute Gasteiger partial charge is 0.305 e. The molecule has 16 heavy (non-hydrogen) atoms. The molecule has 1 aromatic rings. The highest BCUT2D eigenvalue weighted by Crippen LogP contribution is 2.07. The van der Waals surface area contributed by atoms with Crippen molar-refractivity contribution >= 4 is 11.9 Å². The molecule has 1 atom stereocenters. The van der Waals surface area contributed by atoms with Crippen molar-refractivity contribution in [2.24, 2.45) is 0 Å². The summed E-state index contributed by atoms with van der Waals surface area (Å²) in [6.45, 7) is 3.64. The molecule has 0 aliphatic rings. The van der Waals surface area contributed by atoms with Crippen LogP contribution in [0.4, 0.5) is 0 Å². The Morgan fingerprint density at radius 2 is 2.25 bits per heavy atom. The molecule has 0 aliphatic carbocycles. The average molecular weight is 225 g/mol. The first-order chi connectivity index (χ1) is 7.52. The standard InChI is InChI=1S/C11H15NO4/c1-3-8(5-10(13)14)12-11(15)9-4-7(2)6-16-9/h4,6,8H,3,5H2,1-2H3,(H,12,15)(H,13,14)/t8-/m0/s1. The second kappa shape index (κ2) is 5.34. The highest BCUT2D eigenvalue weighted by Gasteiger charge is 2.17. The van der Waals surface area contributed by atoms with Crippen LogP contribution in [0.25, 0.3) is 0 Å². The number of furan rings is 1. The number of carbonyl (C=O) groups is 2. The Bertz CT molecular complexity index is 383. The third-order valence-corrected chi connectivity index (χ3v) is 2.20. The molecular weight excluding hydrogens is 210 g/mol. The third-order valence-electron chi connectivity index (χ3n) is 2.20. The quantitative estimate of drug-likeness (QED) is 0.797. The van der Waals surface area contributed by atoms with Gasteiger partial charge < -0.3 is 14.8 Å². The third kappa shape index (κ3) is 3.42. The Morgan fingerprint density at radius 3 is 2.69 bits per heavy atom. The van der Waals surface area contributed by atoms with Crippen LogP contribution in [0.2, 0.25) is 0 Å². The second-order valence-electron chi connectivity index (χ2n) is 3.66. The van der Waals surface area contributed by atoms with Crippen LogP contribution in [0, 0.1) is 6.92 Å². The average Bonchev–Trinajstić information content (AvgIpc) is 2.63. The van der Waals surface area contributed by atoms with Gasteiger partial charge in [0, 0.05) is 6.04 Å². The summed E-state index contributed by atoms with van der Waals surface area (Å²) < 4.78 is 5.02. The van der Waals surface area contributed by atoms with Gasteiger partial charge in [-0.25, -0.2) is 0 Å². The van der Waals surface area contributed by atoms with Gasteiger partial charge in [0.2, 0.25) is 0 Å². The highest BCUT2D eigenvalue weighted by molar-refractivity contribution is 5.92. The summed E-state index contributed by atoms with van der Waals surface area (Å²) in [5.74, 6) is -1.09. The van der Waals surface area contributed by atoms with Gasteiger partial charge in [-0.05, 0) is 25.0 Å². The largest absolute Gasteiger partial charge is 0.481 e. The Balaban J connectivity index is 2.58. The van der Waals surface area contributed by atoms with E-state index in [2.05, 4.69) is 5.32 Å². The minimum atomic E-state index is -0.928. The van der Waals surface area contributed by atoms with E-state index in [0.29, 0.717) is 6.42 Å². The lowest BCUT2D eigenvalue weighted by molar-refractivity contribution is -0.137. The number of rotatable bonds is 5. The maximum absolute atomic E-state index is 11.6. The fourth-order valence-electron chi connectivity index (χ4n) is 1.32. The van der Waals surface area contributed by atoms with Gasteiger partial charge in [0.1, 0.15) is 0 Å². The molecule has 1 amide bonds. The molecule has 1 rings (SSSR count). The fourth-order valence-corrected chi connectivity index (χ4v) is 1.32. The molecule has 0 saturated heterocycles. The molecule has 0 radical (unpaired) electrons. The fraction of sp³-hybridized carbons (Fsp3) is 0.455. The lowest BCUT2D eigenvalue weighted by Crippen LogP contribution is -2.35. The van der Waals surface area contributed by atoms with Gasteiger partial charge in [0.25, 0.3) is 5.91 Å². The van der Waals surface area contributed by atoms with E-state index in [1.165, 1.54) is 6.26 Å². The van der Waals surface area contributed by atoms with Crippen LogP contribution in [0.15, 0.2) is 16.7 Å². The van der Waals surface area contributed by atoms with E-state index in [-0.39, 0.29) is 24.1 Å². The maximum Gasteiger partial charge on any atom is 0.305 e. The van der Waals surface area contributed by atoms with Crippen LogP contribution >= 0.6 is 0 Å². The van der Waals surface area contributed by atoms with Crippen molar-refractivity contribution in [3.05, 3.63) is 23.7 Å². The van der Waals surface area contributed by atoms with Crippen molar-refractivity contribution in [1.29, 1.82) is 0 Å². The lowest BCUT2D eigenvalue weighted by Gasteiger charge is -2.13. The van der Waals surface area contributed by atoms with Gasteiger partial charge in [-0.1, -0.05) is 6.92 Å². The van der Waals surface area contributed by atoms with E-state index >= 15 is 0 Å². The van der Waals surface area contributed by atoms with Crippen LogP contribution < -0.4 is 5.32 Å². The Labute approximate surface area is 93.4 Å². The van der Waals surface area contributed by atoms with E-state index in [4.69, 9.17) is 9.52 Å². The second-order valence-corrected chi connectivity index (χ2v) is 3.66. The summed E-state index contributed by atoms with van der Waals surface area (Å²) in [5.41, 5.74) is 0.858. The zero-order valence-corrected chi connectivity index (χ0v) is 9.32. The van der Waals surface area contributed by atoms with E-state index in [0.717, 1.165) is 5.56 Å². The topological polar surface area (TPSA) is 79.5 Å². The number of carbonyl (C=O) groups excluding carboxylic acids is 1. The summed E-state index contributed by atoms with van der Waals surface area (Å²) in [4.78, 5) is 22.1. The Kier molecular flexibility index (Phi) is 4.10. The summed E-state index contributed by atoms with van der Waals surface area (Å²) in [5, 5.41) is 11.2. The van der Waals surface area contributed by atoms with E-state index in [1.54, 1.807) is 6.07 Å². The lowest BCUT2D eigenvalue weighted by atomic mass is 10.1. The number of aryl methyl sites for hydroxylation is 1. The molecule has 1 heterocycles. The van der Waals surface area contributed by atoms with Gasteiger partial charge in [0.05, 0.1) is 12.7 Å². The summed E-state index contributed by atoms with van der Waals surface area (Å²) in [7, 11) is 0. The molecule has 1 aromatic heterocycles. The molecule has 0 aliphatic heterocycles. The highest BCUT2D eigenvalue weighted by atomic mass is 16.4. The normalized spacial score (nSPS) is 12.1.